The van der Waals surface area contributed by atoms with Gasteiger partial charge in [0.2, 0.25) is 0 Å². The highest BCUT2D eigenvalue weighted by Crippen LogP contribution is 2.23. The number of ether oxygens (including phenoxy) is 3. The Balaban J connectivity index is 2.00. The van der Waals surface area contributed by atoms with Crippen molar-refractivity contribution in [2.45, 2.75) is 13.3 Å². The van der Waals surface area contributed by atoms with Crippen molar-refractivity contribution in [1.82, 2.24) is 0 Å². The summed E-state index contributed by atoms with van der Waals surface area (Å²) >= 11 is 0. The maximum absolute atomic E-state index is 10.4. The first-order chi connectivity index (χ1) is 13.0. The second-order valence-electron chi connectivity index (χ2n) is 6.48. The van der Waals surface area contributed by atoms with Gasteiger partial charge in [0.25, 0.3) is 6.47 Å². The molecular formula is C23H26O4. The van der Waals surface area contributed by atoms with Gasteiger partial charge >= 0.3 is 0 Å². The lowest BCUT2D eigenvalue weighted by atomic mass is 9.98. The lowest BCUT2D eigenvalue weighted by Crippen LogP contribution is -2.18. The van der Waals surface area contributed by atoms with Crippen LogP contribution in [0.25, 0.3) is 11.1 Å². The third kappa shape index (κ3) is 6.42. The number of allylic oxidation sites excluding steroid dienone is 1. The molecule has 0 aliphatic heterocycles. The molecule has 2 aromatic rings. The Labute approximate surface area is 161 Å². The van der Waals surface area contributed by atoms with E-state index >= 15 is 0 Å². The van der Waals surface area contributed by atoms with Crippen LogP contribution in [0.1, 0.15) is 12.5 Å². The van der Waals surface area contributed by atoms with E-state index in [9.17, 15) is 4.79 Å². The average molecular weight is 366 g/mol. The summed E-state index contributed by atoms with van der Waals surface area (Å²) in [5, 5.41) is 0. The number of hydrogen-bond acceptors (Lipinski definition) is 4. The van der Waals surface area contributed by atoms with E-state index in [2.05, 4.69) is 37.4 Å². The fourth-order valence-corrected chi connectivity index (χ4v) is 2.69. The predicted octanol–water partition coefficient (Wildman–Crippen LogP) is 4.80. The highest BCUT2D eigenvalue weighted by Gasteiger charge is 2.12. The zero-order chi connectivity index (χ0) is 19.6. The lowest BCUT2D eigenvalue weighted by Gasteiger charge is -2.18. The monoisotopic (exact) mass is 366 g/mol. The fourth-order valence-electron chi connectivity index (χ4n) is 2.69. The summed E-state index contributed by atoms with van der Waals surface area (Å²) < 4.78 is 15.8. The molecular weight excluding hydrogens is 340 g/mol. The topological polar surface area (TPSA) is 44.8 Å². The maximum atomic E-state index is 10.4. The van der Waals surface area contributed by atoms with Gasteiger partial charge in [-0.05, 0) is 47.7 Å². The summed E-state index contributed by atoms with van der Waals surface area (Å²) in [6.07, 6.45) is 0.851. The Morgan fingerprint density at radius 2 is 1.59 bits per heavy atom. The van der Waals surface area contributed by atoms with E-state index in [1.807, 2.05) is 19.1 Å². The van der Waals surface area contributed by atoms with E-state index in [4.69, 9.17) is 14.2 Å². The number of hydrogen-bond donors (Lipinski definition) is 0. The van der Waals surface area contributed by atoms with Gasteiger partial charge < -0.3 is 14.2 Å². The predicted molar refractivity (Wildman–Crippen MR) is 108 cm³/mol. The van der Waals surface area contributed by atoms with Crippen molar-refractivity contribution in [2.24, 2.45) is 5.92 Å². The lowest BCUT2D eigenvalue weighted by molar-refractivity contribution is -0.120. The van der Waals surface area contributed by atoms with Crippen LogP contribution >= 0.6 is 0 Å². The molecule has 0 spiro atoms. The number of benzene rings is 2. The Hall–Kier alpha value is -2.85. The van der Waals surface area contributed by atoms with Gasteiger partial charge in [-0.3, -0.25) is 4.79 Å². The van der Waals surface area contributed by atoms with Crippen LogP contribution in [0, 0.1) is 5.92 Å². The van der Waals surface area contributed by atoms with E-state index in [1.54, 1.807) is 19.2 Å². The van der Waals surface area contributed by atoms with Crippen LogP contribution < -0.4 is 4.74 Å². The molecule has 4 nitrogen and oxygen atoms in total. The van der Waals surface area contributed by atoms with Crippen LogP contribution in [0.15, 0.2) is 73.0 Å². The normalized spacial score (nSPS) is 11.5. The molecule has 0 fully saturated rings. The SMILES string of the molecule is C=C(C)C(=C)OCC(COC)Cc1ccc(-c2ccc(OC=O)cc2)cc1. The molecule has 0 saturated carbocycles. The Morgan fingerprint density at radius 3 is 2.11 bits per heavy atom. The molecule has 0 N–H and O–H groups in total. The summed E-state index contributed by atoms with van der Waals surface area (Å²) in [4.78, 5) is 10.4. The molecule has 142 valence electrons. The molecule has 0 aliphatic carbocycles. The molecule has 1 unspecified atom stereocenters. The van der Waals surface area contributed by atoms with Crippen LogP contribution in [0.5, 0.6) is 5.75 Å². The molecule has 2 aromatic carbocycles. The van der Waals surface area contributed by atoms with Gasteiger partial charge in [0, 0.05) is 13.0 Å². The van der Waals surface area contributed by atoms with E-state index < -0.39 is 0 Å². The summed E-state index contributed by atoms with van der Waals surface area (Å²) in [7, 11) is 1.70. The largest absolute Gasteiger partial charge is 0.494 e. The number of carbonyl (C=O) groups excluding carboxylic acids is 1. The van der Waals surface area contributed by atoms with Gasteiger partial charge in [-0.2, -0.15) is 0 Å². The summed E-state index contributed by atoms with van der Waals surface area (Å²) in [5.41, 5.74) is 4.22. The molecule has 0 bridgehead atoms. The molecule has 0 heterocycles. The second kappa shape index (κ2) is 10.3. The van der Waals surface area contributed by atoms with Gasteiger partial charge in [0.1, 0.15) is 11.5 Å². The highest BCUT2D eigenvalue weighted by molar-refractivity contribution is 5.64. The molecule has 4 heteroatoms. The zero-order valence-corrected chi connectivity index (χ0v) is 15.9. The third-order valence-electron chi connectivity index (χ3n) is 4.22. The smallest absolute Gasteiger partial charge is 0.298 e. The molecule has 0 radical (unpaired) electrons. The van der Waals surface area contributed by atoms with Crippen LogP contribution in [0.4, 0.5) is 0 Å². The van der Waals surface area contributed by atoms with Crippen molar-refractivity contribution >= 4 is 6.47 Å². The van der Waals surface area contributed by atoms with Crippen LogP contribution in [-0.2, 0) is 20.7 Å². The standard InChI is InChI=1S/C23H26O4/c1-17(2)18(3)26-15-20(14-25-4)13-19-5-7-21(8-6-19)22-9-11-23(12-10-22)27-16-24/h5-12,16,20H,1,3,13-15H2,2,4H3. The number of methoxy groups -OCH3 is 1. The van der Waals surface area contributed by atoms with E-state index in [0.29, 0.717) is 31.2 Å². The van der Waals surface area contributed by atoms with Crippen LogP contribution in [-0.4, -0.2) is 26.8 Å². The quantitative estimate of drug-likeness (QED) is 0.325. The second-order valence-corrected chi connectivity index (χ2v) is 6.48. The first-order valence-corrected chi connectivity index (χ1v) is 8.79. The minimum Gasteiger partial charge on any atom is -0.494 e. The number of rotatable bonds is 11. The van der Waals surface area contributed by atoms with Crippen molar-refractivity contribution < 1.29 is 19.0 Å². The molecule has 0 aliphatic rings. The van der Waals surface area contributed by atoms with E-state index in [0.717, 1.165) is 23.1 Å². The minimum absolute atomic E-state index is 0.233. The van der Waals surface area contributed by atoms with E-state index in [1.165, 1.54) is 5.56 Å². The summed E-state index contributed by atoms with van der Waals surface area (Å²) in [5.74, 6) is 1.38. The van der Waals surface area contributed by atoms with Crippen molar-refractivity contribution in [1.29, 1.82) is 0 Å². The summed E-state index contributed by atoms with van der Waals surface area (Å²) in [6, 6.07) is 15.8. The van der Waals surface area contributed by atoms with Gasteiger partial charge in [0.05, 0.1) is 13.2 Å². The molecule has 2 rings (SSSR count). The Kier molecular flexibility index (Phi) is 7.83. The van der Waals surface area contributed by atoms with Gasteiger partial charge in [0.15, 0.2) is 0 Å². The first-order valence-electron chi connectivity index (χ1n) is 8.79. The van der Waals surface area contributed by atoms with Gasteiger partial charge in [-0.25, -0.2) is 0 Å². The third-order valence-corrected chi connectivity index (χ3v) is 4.22. The van der Waals surface area contributed by atoms with Crippen LogP contribution in [0.3, 0.4) is 0 Å². The molecule has 0 amide bonds. The van der Waals surface area contributed by atoms with Crippen LogP contribution in [0.2, 0.25) is 0 Å². The Bertz CT molecular complexity index is 760. The maximum Gasteiger partial charge on any atom is 0.298 e. The van der Waals surface area contributed by atoms with Crippen molar-refractivity contribution in [2.75, 3.05) is 20.3 Å². The number of carbonyl (C=O) groups is 1. The molecule has 0 aromatic heterocycles. The zero-order valence-electron chi connectivity index (χ0n) is 15.9. The van der Waals surface area contributed by atoms with Gasteiger partial charge in [-0.1, -0.05) is 49.6 Å². The van der Waals surface area contributed by atoms with Crippen molar-refractivity contribution in [3.63, 3.8) is 0 Å². The summed E-state index contributed by atoms with van der Waals surface area (Å²) in [6.45, 7) is 11.2. The Morgan fingerprint density at radius 1 is 1.00 bits per heavy atom. The highest BCUT2D eigenvalue weighted by atomic mass is 16.5. The first kappa shape index (κ1) is 20.5. The van der Waals surface area contributed by atoms with Crippen molar-refractivity contribution in [3.05, 3.63) is 78.6 Å². The molecule has 27 heavy (non-hydrogen) atoms. The molecule has 1 atom stereocenters. The van der Waals surface area contributed by atoms with Crippen molar-refractivity contribution in [3.8, 4) is 16.9 Å². The van der Waals surface area contributed by atoms with E-state index in [-0.39, 0.29) is 5.92 Å². The average Bonchev–Trinajstić information content (AvgIpc) is 2.67. The fraction of sp³-hybridized carbons (Fsp3) is 0.261. The minimum atomic E-state index is 0.233. The van der Waals surface area contributed by atoms with Gasteiger partial charge in [-0.15, -0.1) is 0 Å². The molecule has 0 saturated heterocycles.